The van der Waals surface area contributed by atoms with Crippen LogP contribution in [0.1, 0.15) is 19.3 Å². The lowest BCUT2D eigenvalue weighted by Crippen LogP contribution is -2.41. The third kappa shape index (κ3) is 0.670. The van der Waals surface area contributed by atoms with Gasteiger partial charge in [-0.2, -0.15) is 0 Å². The van der Waals surface area contributed by atoms with Crippen molar-refractivity contribution in [1.82, 2.24) is 0 Å². The molecule has 2 bridgehead atoms. The Hall–Kier alpha value is -0.700. The summed E-state index contributed by atoms with van der Waals surface area (Å²) in [6.45, 7) is 0. The minimum atomic E-state index is 0.0463. The second-order valence-electron chi connectivity index (χ2n) is 5.11. The lowest BCUT2D eigenvalue weighted by Gasteiger charge is -2.30. The molecule has 6 unspecified atom stereocenters. The van der Waals surface area contributed by atoms with Crippen molar-refractivity contribution in [2.45, 2.75) is 31.5 Å². The summed E-state index contributed by atoms with van der Waals surface area (Å²) in [6.07, 6.45) is 2.73. The van der Waals surface area contributed by atoms with Crippen LogP contribution in [0.2, 0.25) is 0 Å². The van der Waals surface area contributed by atoms with Crippen LogP contribution in [-0.4, -0.2) is 23.8 Å². The van der Waals surface area contributed by atoms with E-state index in [4.69, 9.17) is 4.74 Å². The van der Waals surface area contributed by atoms with Gasteiger partial charge in [-0.25, -0.2) is 0 Å². The number of hydrogen-bond acceptors (Lipinski definition) is 3. The standard InChI is InChI=1S/C11H12O3/c12-6-1-2-7(13)9-5-3-4(8(6)9)10-11(5)14-10/h4-5,8-11H,1-3H2. The van der Waals surface area contributed by atoms with Crippen LogP contribution in [0, 0.1) is 23.7 Å². The minimum absolute atomic E-state index is 0.0463. The first-order valence-corrected chi connectivity index (χ1v) is 5.48. The van der Waals surface area contributed by atoms with Crippen molar-refractivity contribution in [2.75, 3.05) is 0 Å². The Balaban J connectivity index is 1.79. The summed E-state index contributed by atoms with van der Waals surface area (Å²) in [5.41, 5.74) is 0. The van der Waals surface area contributed by atoms with Gasteiger partial charge in [0, 0.05) is 24.7 Å². The number of ether oxygens (including phenoxy) is 1. The highest BCUT2D eigenvalue weighted by atomic mass is 16.6. The van der Waals surface area contributed by atoms with E-state index >= 15 is 0 Å². The van der Waals surface area contributed by atoms with Crippen LogP contribution in [0.4, 0.5) is 0 Å². The molecule has 0 amide bonds. The smallest absolute Gasteiger partial charge is 0.137 e. The molecule has 1 saturated heterocycles. The van der Waals surface area contributed by atoms with Crippen molar-refractivity contribution in [3.63, 3.8) is 0 Å². The number of rotatable bonds is 0. The van der Waals surface area contributed by atoms with Gasteiger partial charge in [-0.3, -0.25) is 9.59 Å². The van der Waals surface area contributed by atoms with Crippen molar-refractivity contribution in [3.8, 4) is 0 Å². The van der Waals surface area contributed by atoms with Crippen molar-refractivity contribution in [1.29, 1.82) is 0 Å². The van der Waals surface area contributed by atoms with Crippen molar-refractivity contribution in [2.24, 2.45) is 23.7 Å². The molecular formula is C11H12O3. The normalized spacial score (nSPS) is 58.6. The predicted molar refractivity (Wildman–Crippen MR) is 46.5 cm³/mol. The largest absolute Gasteiger partial charge is 0.369 e. The zero-order chi connectivity index (χ0) is 9.45. The highest BCUT2D eigenvalue weighted by Crippen LogP contribution is 2.63. The molecule has 3 aliphatic carbocycles. The third-order valence-corrected chi connectivity index (χ3v) is 4.62. The Morgan fingerprint density at radius 2 is 1.43 bits per heavy atom. The Morgan fingerprint density at radius 1 is 0.929 bits per heavy atom. The van der Waals surface area contributed by atoms with Crippen LogP contribution in [0.25, 0.3) is 0 Å². The average Bonchev–Trinajstić information content (AvgIpc) is 2.79. The van der Waals surface area contributed by atoms with Gasteiger partial charge >= 0.3 is 0 Å². The summed E-state index contributed by atoms with van der Waals surface area (Å²) in [5, 5.41) is 0. The summed E-state index contributed by atoms with van der Waals surface area (Å²) < 4.78 is 5.52. The summed E-state index contributed by atoms with van der Waals surface area (Å²) in [7, 11) is 0. The zero-order valence-electron chi connectivity index (χ0n) is 7.81. The maximum absolute atomic E-state index is 11.8. The Kier molecular flexibility index (Phi) is 1.14. The van der Waals surface area contributed by atoms with E-state index < -0.39 is 0 Å². The number of epoxide rings is 1. The quantitative estimate of drug-likeness (QED) is 0.527. The van der Waals surface area contributed by atoms with E-state index in [9.17, 15) is 9.59 Å². The second-order valence-corrected chi connectivity index (χ2v) is 5.11. The first-order valence-electron chi connectivity index (χ1n) is 5.48. The van der Waals surface area contributed by atoms with E-state index in [0.29, 0.717) is 48.5 Å². The van der Waals surface area contributed by atoms with E-state index in [1.165, 1.54) is 0 Å². The summed E-state index contributed by atoms with van der Waals surface area (Å²) in [4.78, 5) is 23.5. The monoisotopic (exact) mass is 192 g/mol. The third-order valence-electron chi connectivity index (χ3n) is 4.62. The number of ketones is 2. The van der Waals surface area contributed by atoms with Gasteiger partial charge in [0.2, 0.25) is 0 Å². The number of carbonyl (C=O) groups excluding carboxylic acids is 2. The molecule has 0 spiro atoms. The fraction of sp³-hybridized carbons (Fsp3) is 0.818. The van der Waals surface area contributed by atoms with E-state index in [-0.39, 0.29) is 11.8 Å². The number of hydrogen-bond donors (Lipinski definition) is 0. The van der Waals surface area contributed by atoms with Gasteiger partial charge in [0.05, 0.1) is 12.2 Å². The number of carbonyl (C=O) groups is 2. The molecular weight excluding hydrogens is 180 g/mol. The molecule has 0 aromatic carbocycles. The van der Waals surface area contributed by atoms with Gasteiger partial charge < -0.3 is 4.74 Å². The topological polar surface area (TPSA) is 46.7 Å². The molecule has 0 aromatic rings. The van der Waals surface area contributed by atoms with Crippen molar-refractivity contribution < 1.29 is 14.3 Å². The zero-order valence-corrected chi connectivity index (χ0v) is 7.81. The van der Waals surface area contributed by atoms with Crippen molar-refractivity contribution in [3.05, 3.63) is 0 Å². The van der Waals surface area contributed by atoms with E-state index in [0.717, 1.165) is 6.42 Å². The molecule has 74 valence electrons. The molecule has 3 nitrogen and oxygen atoms in total. The van der Waals surface area contributed by atoms with Crippen LogP contribution in [-0.2, 0) is 14.3 Å². The maximum Gasteiger partial charge on any atom is 0.137 e. The fourth-order valence-corrected chi connectivity index (χ4v) is 4.10. The van der Waals surface area contributed by atoms with Gasteiger partial charge in [-0.1, -0.05) is 0 Å². The van der Waals surface area contributed by atoms with Gasteiger partial charge in [-0.15, -0.1) is 0 Å². The SMILES string of the molecule is O=C1CCC(=O)C2C3CC(C4OC34)C12. The Labute approximate surface area is 81.8 Å². The van der Waals surface area contributed by atoms with Gasteiger partial charge in [0.25, 0.3) is 0 Å². The van der Waals surface area contributed by atoms with Crippen LogP contribution in [0.5, 0.6) is 0 Å². The van der Waals surface area contributed by atoms with E-state index in [1.54, 1.807) is 0 Å². The first-order chi connectivity index (χ1) is 6.77. The van der Waals surface area contributed by atoms with Gasteiger partial charge in [-0.05, 0) is 18.3 Å². The summed E-state index contributed by atoms with van der Waals surface area (Å²) in [6, 6.07) is 0. The summed E-state index contributed by atoms with van der Waals surface area (Å²) >= 11 is 0. The molecule has 3 saturated carbocycles. The molecule has 1 heterocycles. The highest BCUT2D eigenvalue weighted by Gasteiger charge is 2.70. The Morgan fingerprint density at radius 3 is 1.93 bits per heavy atom. The lowest BCUT2D eigenvalue weighted by atomic mass is 9.69. The highest BCUT2D eigenvalue weighted by molar-refractivity contribution is 5.97. The molecule has 3 heteroatoms. The van der Waals surface area contributed by atoms with Gasteiger partial charge in [0.15, 0.2) is 0 Å². The molecule has 0 N–H and O–H groups in total. The van der Waals surface area contributed by atoms with Crippen LogP contribution in [0.3, 0.4) is 0 Å². The van der Waals surface area contributed by atoms with Gasteiger partial charge in [0.1, 0.15) is 11.6 Å². The second kappa shape index (κ2) is 2.11. The van der Waals surface area contributed by atoms with Crippen molar-refractivity contribution >= 4 is 11.6 Å². The van der Waals surface area contributed by atoms with Crippen LogP contribution in [0.15, 0.2) is 0 Å². The van der Waals surface area contributed by atoms with Crippen LogP contribution < -0.4 is 0 Å². The number of Topliss-reactive ketones (excluding diaryl/α,β-unsaturated/α-hetero) is 2. The molecule has 0 aromatic heterocycles. The molecule has 14 heavy (non-hydrogen) atoms. The molecule has 6 atom stereocenters. The minimum Gasteiger partial charge on any atom is -0.369 e. The fourth-order valence-electron chi connectivity index (χ4n) is 4.10. The summed E-state index contributed by atoms with van der Waals surface area (Å²) in [5.74, 6) is 1.54. The molecule has 4 fully saturated rings. The molecule has 0 radical (unpaired) electrons. The number of fused-ring (bicyclic) bond motifs is 8. The molecule has 1 aliphatic heterocycles. The molecule has 4 aliphatic rings. The van der Waals surface area contributed by atoms with Crippen LogP contribution >= 0.6 is 0 Å². The molecule has 4 rings (SSSR count). The maximum atomic E-state index is 11.8. The van der Waals surface area contributed by atoms with E-state index in [1.807, 2.05) is 0 Å². The average molecular weight is 192 g/mol. The van der Waals surface area contributed by atoms with E-state index in [2.05, 4.69) is 0 Å². The Bertz CT molecular complexity index is 316. The predicted octanol–water partition coefficient (Wildman–Crippen LogP) is 0.568. The first kappa shape index (κ1) is 7.57. The lowest BCUT2D eigenvalue weighted by molar-refractivity contribution is -0.139.